The van der Waals surface area contributed by atoms with Gasteiger partial charge in [-0.2, -0.15) is 0 Å². The van der Waals surface area contributed by atoms with Gasteiger partial charge in [0.25, 0.3) is 0 Å². The summed E-state index contributed by atoms with van der Waals surface area (Å²) < 4.78 is 12.4. The Kier molecular flexibility index (Phi) is 5.51. The van der Waals surface area contributed by atoms with Gasteiger partial charge in [-0.1, -0.05) is 47.1 Å². The zero-order valence-electron chi connectivity index (χ0n) is 15.3. The highest BCUT2D eigenvalue weighted by Crippen LogP contribution is 2.33. The maximum Gasteiger partial charge on any atom is 0.178 e. The second-order valence-electron chi connectivity index (χ2n) is 6.54. The van der Waals surface area contributed by atoms with E-state index < -0.39 is 0 Å². The lowest BCUT2D eigenvalue weighted by Gasteiger charge is -2.08. The number of fused-ring (bicyclic) bond motifs is 1. The molecule has 0 saturated carbocycles. The lowest BCUT2D eigenvalue weighted by Crippen LogP contribution is -2.17. The number of nitrogens with one attached hydrogen (secondary N) is 1. The second-order valence-corrected chi connectivity index (χ2v) is 7.45. The molecule has 0 spiro atoms. The molecule has 0 bridgehead atoms. The molecule has 0 unspecified atom stereocenters. The van der Waals surface area contributed by atoms with Crippen LogP contribution in [0.3, 0.4) is 0 Å². The molecule has 0 atom stereocenters. The molecular formula is C22H22N2O2S. The molecular weight excluding hydrogens is 356 g/mol. The Morgan fingerprint density at radius 3 is 2.89 bits per heavy atom. The van der Waals surface area contributed by atoms with Gasteiger partial charge in [-0.3, -0.25) is 0 Å². The Bertz CT molecular complexity index is 1000. The summed E-state index contributed by atoms with van der Waals surface area (Å²) in [4.78, 5) is 0. The van der Waals surface area contributed by atoms with E-state index in [4.69, 9.17) is 9.26 Å². The van der Waals surface area contributed by atoms with Gasteiger partial charge in [-0.15, -0.1) is 11.3 Å². The third-order valence-electron chi connectivity index (χ3n) is 4.40. The van der Waals surface area contributed by atoms with E-state index in [1.165, 1.54) is 11.1 Å². The fraction of sp³-hybridized carbons (Fsp3) is 0.227. The van der Waals surface area contributed by atoms with E-state index in [0.717, 1.165) is 46.8 Å². The van der Waals surface area contributed by atoms with Gasteiger partial charge in [0.1, 0.15) is 16.1 Å². The molecule has 1 N–H and O–H groups in total. The molecule has 0 fully saturated rings. The molecule has 0 radical (unpaired) electrons. The normalized spacial score (nSPS) is 11.1. The summed E-state index contributed by atoms with van der Waals surface area (Å²) in [5.41, 5.74) is 5.33. The van der Waals surface area contributed by atoms with Crippen molar-refractivity contribution in [3.63, 3.8) is 0 Å². The third kappa shape index (κ3) is 4.38. The van der Waals surface area contributed by atoms with Crippen LogP contribution in [0.1, 0.15) is 17.5 Å². The first-order chi connectivity index (χ1) is 13.3. The first kappa shape index (κ1) is 17.8. The van der Waals surface area contributed by atoms with Crippen LogP contribution in [0.25, 0.3) is 21.5 Å². The standard InChI is InChI=1S/C22H22N2O2S/c1-16-6-8-17(9-7-16)15-23-11-3-12-25-19-5-2-4-18(14-19)21-22-20(26-24-21)10-13-27-22/h2,4-10,13-14,23H,3,11-12,15H2,1H3. The topological polar surface area (TPSA) is 47.3 Å². The average Bonchev–Trinajstić information content (AvgIpc) is 3.30. The predicted molar refractivity (Wildman–Crippen MR) is 110 cm³/mol. The van der Waals surface area contributed by atoms with Crippen molar-refractivity contribution in [3.05, 3.63) is 71.1 Å². The van der Waals surface area contributed by atoms with E-state index in [-0.39, 0.29) is 0 Å². The fourth-order valence-corrected chi connectivity index (χ4v) is 3.74. The Morgan fingerprint density at radius 1 is 1.11 bits per heavy atom. The maximum absolute atomic E-state index is 5.91. The van der Waals surface area contributed by atoms with Gasteiger partial charge in [-0.05, 0) is 49.0 Å². The zero-order valence-corrected chi connectivity index (χ0v) is 16.1. The summed E-state index contributed by atoms with van der Waals surface area (Å²) >= 11 is 1.64. The zero-order chi connectivity index (χ0) is 18.5. The Morgan fingerprint density at radius 2 is 2.00 bits per heavy atom. The second kappa shape index (κ2) is 8.37. The van der Waals surface area contributed by atoms with Gasteiger partial charge >= 0.3 is 0 Å². The summed E-state index contributed by atoms with van der Waals surface area (Å²) in [7, 11) is 0. The minimum absolute atomic E-state index is 0.678. The lowest BCUT2D eigenvalue weighted by molar-refractivity contribution is 0.308. The average molecular weight is 378 g/mol. The van der Waals surface area contributed by atoms with Crippen LogP contribution in [0.4, 0.5) is 0 Å². The number of aromatic nitrogens is 1. The third-order valence-corrected chi connectivity index (χ3v) is 5.31. The molecule has 4 rings (SSSR count). The molecule has 4 nitrogen and oxygen atoms in total. The first-order valence-corrected chi connectivity index (χ1v) is 10.00. The number of hydrogen-bond acceptors (Lipinski definition) is 5. The number of benzene rings is 2. The van der Waals surface area contributed by atoms with Crippen molar-refractivity contribution in [2.45, 2.75) is 19.9 Å². The van der Waals surface area contributed by atoms with Crippen LogP contribution >= 0.6 is 11.3 Å². The van der Waals surface area contributed by atoms with Gasteiger partial charge < -0.3 is 14.6 Å². The molecule has 2 heterocycles. The molecule has 5 heteroatoms. The first-order valence-electron chi connectivity index (χ1n) is 9.12. The minimum Gasteiger partial charge on any atom is -0.494 e. The largest absolute Gasteiger partial charge is 0.494 e. The molecule has 27 heavy (non-hydrogen) atoms. The molecule has 0 aliphatic carbocycles. The molecule has 138 valence electrons. The molecule has 2 aromatic heterocycles. The molecule has 0 saturated heterocycles. The highest BCUT2D eigenvalue weighted by Gasteiger charge is 2.12. The Labute approximate surface area is 162 Å². The molecule has 0 amide bonds. The SMILES string of the molecule is Cc1ccc(CNCCCOc2cccc(-c3noc4ccsc34)c2)cc1. The predicted octanol–water partition coefficient (Wildman–Crippen LogP) is 5.42. The van der Waals surface area contributed by atoms with Crippen molar-refractivity contribution < 1.29 is 9.26 Å². The monoisotopic (exact) mass is 378 g/mol. The van der Waals surface area contributed by atoms with Crippen LogP contribution < -0.4 is 10.1 Å². The van der Waals surface area contributed by atoms with Crippen LogP contribution in [0.15, 0.2) is 64.5 Å². The van der Waals surface area contributed by atoms with Crippen LogP contribution in [0.2, 0.25) is 0 Å². The van der Waals surface area contributed by atoms with E-state index >= 15 is 0 Å². The summed E-state index contributed by atoms with van der Waals surface area (Å²) in [5.74, 6) is 0.860. The summed E-state index contributed by atoms with van der Waals surface area (Å²) in [6.07, 6.45) is 0.954. The van der Waals surface area contributed by atoms with Gasteiger partial charge in [0.05, 0.1) is 6.61 Å². The number of thiophene rings is 1. The number of rotatable bonds is 8. The van der Waals surface area contributed by atoms with Crippen molar-refractivity contribution >= 4 is 21.6 Å². The van der Waals surface area contributed by atoms with Gasteiger partial charge in [-0.25, -0.2) is 0 Å². The number of aryl methyl sites for hydroxylation is 1. The van der Waals surface area contributed by atoms with E-state index in [1.54, 1.807) is 11.3 Å². The summed E-state index contributed by atoms with van der Waals surface area (Å²) in [6.45, 7) is 4.60. The van der Waals surface area contributed by atoms with Gasteiger partial charge in [0.2, 0.25) is 0 Å². The van der Waals surface area contributed by atoms with Crippen LogP contribution in [0.5, 0.6) is 5.75 Å². The van der Waals surface area contributed by atoms with Crippen LogP contribution in [0, 0.1) is 6.92 Å². The van der Waals surface area contributed by atoms with E-state index in [2.05, 4.69) is 41.7 Å². The van der Waals surface area contributed by atoms with Crippen LogP contribution in [-0.4, -0.2) is 18.3 Å². The van der Waals surface area contributed by atoms with Crippen LogP contribution in [-0.2, 0) is 6.54 Å². The van der Waals surface area contributed by atoms with Gasteiger partial charge in [0.15, 0.2) is 5.58 Å². The van der Waals surface area contributed by atoms with Crippen molar-refractivity contribution in [2.75, 3.05) is 13.2 Å². The number of ether oxygens (including phenoxy) is 1. The van der Waals surface area contributed by atoms with Crippen molar-refractivity contribution in [1.82, 2.24) is 10.5 Å². The van der Waals surface area contributed by atoms with Crippen molar-refractivity contribution in [1.29, 1.82) is 0 Å². The van der Waals surface area contributed by atoms with Crippen molar-refractivity contribution in [2.24, 2.45) is 0 Å². The molecule has 0 aliphatic heterocycles. The Balaban J connectivity index is 1.25. The van der Waals surface area contributed by atoms with E-state index in [0.29, 0.717) is 6.61 Å². The lowest BCUT2D eigenvalue weighted by atomic mass is 10.1. The van der Waals surface area contributed by atoms with E-state index in [1.807, 2.05) is 35.7 Å². The Hall–Kier alpha value is -2.63. The number of nitrogens with zero attached hydrogens (tertiary/aromatic N) is 1. The van der Waals surface area contributed by atoms with E-state index in [9.17, 15) is 0 Å². The summed E-state index contributed by atoms with van der Waals surface area (Å²) in [6, 6.07) is 18.6. The quantitative estimate of drug-likeness (QED) is 0.416. The molecule has 2 aromatic carbocycles. The summed E-state index contributed by atoms with van der Waals surface area (Å²) in [5, 5.41) is 9.67. The highest BCUT2D eigenvalue weighted by atomic mass is 32.1. The van der Waals surface area contributed by atoms with Crippen molar-refractivity contribution in [3.8, 4) is 17.0 Å². The molecule has 0 aliphatic rings. The van der Waals surface area contributed by atoms with Gasteiger partial charge in [0, 0.05) is 12.1 Å². The minimum atomic E-state index is 0.678. The fourth-order valence-electron chi connectivity index (χ4n) is 2.92. The molecule has 4 aromatic rings. The maximum atomic E-state index is 5.91. The number of hydrogen-bond donors (Lipinski definition) is 1. The smallest absolute Gasteiger partial charge is 0.178 e. The highest BCUT2D eigenvalue weighted by molar-refractivity contribution is 7.17.